The molecule has 62 valence electrons. The summed E-state index contributed by atoms with van der Waals surface area (Å²) in [6, 6.07) is 3.81. The Balaban J connectivity index is 2.65. The standard InChI is InChI=1S/C9H6N4/c1-2-8-9(11-3-1)13-6-10-4-7(13)5-12-8/h1-6H. The van der Waals surface area contributed by atoms with Crippen molar-refractivity contribution in [1.82, 2.24) is 19.4 Å². The number of hydrogen-bond donors (Lipinski definition) is 0. The third-order valence-electron chi connectivity index (χ3n) is 2.00. The van der Waals surface area contributed by atoms with Gasteiger partial charge in [-0.25, -0.2) is 9.97 Å². The number of rotatable bonds is 0. The Labute approximate surface area is 73.9 Å². The largest absolute Gasteiger partial charge is 0.280 e. The second kappa shape index (κ2) is 2.26. The van der Waals surface area contributed by atoms with E-state index in [2.05, 4.69) is 15.0 Å². The molecule has 0 radical (unpaired) electrons. The summed E-state index contributed by atoms with van der Waals surface area (Å²) in [6.07, 6.45) is 7.05. The fraction of sp³-hybridized carbons (Fsp3) is 0. The molecule has 3 aromatic rings. The molecule has 0 N–H and O–H groups in total. The van der Waals surface area contributed by atoms with Gasteiger partial charge in [-0.1, -0.05) is 0 Å². The second-order valence-electron chi connectivity index (χ2n) is 2.79. The van der Waals surface area contributed by atoms with Gasteiger partial charge in [0.2, 0.25) is 0 Å². The smallest absolute Gasteiger partial charge is 0.164 e. The molecule has 0 spiro atoms. The summed E-state index contributed by atoms with van der Waals surface area (Å²) in [7, 11) is 0. The Kier molecular flexibility index (Phi) is 1.14. The molecule has 3 rings (SSSR count). The highest BCUT2D eigenvalue weighted by molar-refractivity contribution is 5.73. The van der Waals surface area contributed by atoms with E-state index in [0.717, 1.165) is 16.7 Å². The van der Waals surface area contributed by atoms with Gasteiger partial charge in [0.15, 0.2) is 5.65 Å². The van der Waals surface area contributed by atoms with Crippen LogP contribution in [0.15, 0.2) is 37.1 Å². The summed E-state index contributed by atoms with van der Waals surface area (Å²) in [6.45, 7) is 0. The zero-order valence-corrected chi connectivity index (χ0v) is 6.75. The van der Waals surface area contributed by atoms with E-state index >= 15 is 0 Å². The summed E-state index contributed by atoms with van der Waals surface area (Å²) in [5, 5.41) is 0. The number of hydrogen-bond acceptors (Lipinski definition) is 3. The van der Waals surface area contributed by atoms with Crippen molar-refractivity contribution in [2.24, 2.45) is 0 Å². The Morgan fingerprint density at radius 3 is 3.15 bits per heavy atom. The highest BCUT2D eigenvalue weighted by Gasteiger charge is 1.99. The van der Waals surface area contributed by atoms with E-state index in [9.17, 15) is 0 Å². The normalized spacial score (nSPS) is 11.1. The molecule has 0 bridgehead atoms. The zero-order valence-electron chi connectivity index (χ0n) is 6.75. The van der Waals surface area contributed by atoms with Crippen molar-refractivity contribution in [2.75, 3.05) is 0 Å². The van der Waals surface area contributed by atoms with Crippen LogP contribution in [-0.4, -0.2) is 19.4 Å². The number of imidazole rings is 1. The molecule has 0 aliphatic rings. The van der Waals surface area contributed by atoms with Gasteiger partial charge in [-0.05, 0) is 12.1 Å². The van der Waals surface area contributed by atoms with E-state index in [1.54, 1.807) is 24.9 Å². The molecule has 4 heteroatoms. The number of fused-ring (bicyclic) bond motifs is 3. The highest BCUT2D eigenvalue weighted by Crippen LogP contribution is 2.10. The van der Waals surface area contributed by atoms with E-state index < -0.39 is 0 Å². The summed E-state index contributed by atoms with van der Waals surface area (Å²) >= 11 is 0. The summed E-state index contributed by atoms with van der Waals surface area (Å²) in [4.78, 5) is 12.5. The van der Waals surface area contributed by atoms with Crippen molar-refractivity contribution >= 4 is 16.7 Å². The molecule has 0 fully saturated rings. The minimum atomic E-state index is 0.845. The van der Waals surface area contributed by atoms with Gasteiger partial charge in [0.05, 0.1) is 17.9 Å². The minimum Gasteiger partial charge on any atom is -0.280 e. The first kappa shape index (κ1) is 6.54. The van der Waals surface area contributed by atoms with Crippen LogP contribution in [0.5, 0.6) is 0 Å². The molecule has 0 saturated heterocycles. The lowest BCUT2D eigenvalue weighted by Crippen LogP contribution is -1.90. The summed E-state index contributed by atoms with van der Waals surface area (Å²) < 4.78 is 1.92. The van der Waals surface area contributed by atoms with Crippen LogP contribution in [0.1, 0.15) is 0 Å². The maximum atomic E-state index is 4.26. The molecule has 0 aliphatic heterocycles. The molecule has 0 amide bonds. The molecule has 3 heterocycles. The van der Waals surface area contributed by atoms with Crippen molar-refractivity contribution in [2.45, 2.75) is 0 Å². The minimum absolute atomic E-state index is 0.845. The van der Waals surface area contributed by atoms with Crippen LogP contribution in [-0.2, 0) is 0 Å². The molecular weight excluding hydrogens is 164 g/mol. The second-order valence-corrected chi connectivity index (χ2v) is 2.79. The molecular formula is C9H6N4. The quantitative estimate of drug-likeness (QED) is 0.510. The van der Waals surface area contributed by atoms with E-state index in [1.165, 1.54) is 0 Å². The summed E-state index contributed by atoms with van der Waals surface area (Å²) in [5.41, 5.74) is 2.69. The van der Waals surface area contributed by atoms with Gasteiger partial charge in [0.25, 0.3) is 0 Å². The number of aromatic nitrogens is 4. The lowest BCUT2D eigenvalue weighted by Gasteiger charge is -1.97. The van der Waals surface area contributed by atoms with Crippen LogP contribution in [0.25, 0.3) is 16.7 Å². The topological polar surface area (TPSA) is 43.1 Å². The van der Waals surface area contributed by atoms with Crippen molar-refractivity contribution in [3.05, 3.63) is 37.1 Å². The van der Waals surface area contributed by atoms with Gasteiger partial charge in [0.1, 0.15) is 11.8 Å². The zero-order chi connectivity index (χ0) is 8.67. The number of nitrogens with zero attached hydrogens (tertiary/aromatic N) is 4. The van der Waals surface area contributed by atoms with E-state index in [0.29, 0.717) is 0 Å². The molecule has 0 atom stereocenters. The van der Waals surface area contributed by atoms with Crippen molar-refractivity contribution in [1.29, 1.82) is 0 Å². The molecule has 0 unspecified atom stereocenters. The average molecular weight is 170 g/mol. The monoisotopic (exact) mass is 170 g/mol. The lowest BCUT2D eigenvalue weighted by molar-refractivity contribution is 1.14. The molecule has 0 aliphatic carbocycles. The molecule has 0 saturated carbocycles. The lowest BCUT2D eigenvalue weighted by atomic mass is 10.4. The van der Waals surface area contributed by atoms with E-state index in [-0.39, 0.29) is 0 Å². The molecule has 13 heavy (non-hydrogen) atoms. The van der Waals surface area contributed by atoms with Gasteiger partial charge >= 0.3 is 0 Å². The van der Waals surface area contributed by atoms with Gasteiger partial charge in [0, 0.05) is 6.20 Å². The Bertz CT molecular complexity index is 570. The Morgan fingerprint density at radius 1 is 1.15 bits per heavy atom. The van der Waals surface area contributed by atoms with Crippen LogP contribution in [0.3, 0.4) is 0 Å². The van der Waals surface area contributed by atoms with Crippen molar-refractivity contribution in [3.8, 4) is 0 Å². The van der Waals surface area contributed by atoms with Crippen LogP contribution >= 0.6 is 0 Å². The first-order valence-electron chi connectivity index (χ1n) is 3.97. The van der Waals surface area contributed by atoms with E-state index in [1.807, 2.05) is 16.5 Å². The predicted octanol–water partition coefficient (Wildman–Crippen LogP) is 1.28. The summed E-state index contributed by atoms with van der Waals surface area (Å²) in [5.74, 6) is 0. The van der Waals surface area contributed by atoms with Gasteiger partial charge < -0.3 is 0 Å². The van der Waals surface area contributed by atoms with Crippen molar-refractivity contribution < 1.29 is 0 Å². The highest BCUT2D eigenvalue weighted by atomic mass is 15.0. The van der Waals surface area contributed by atoms with Gasteiger partial charge in [-0.2, -0.15) is 0 Å². The molecule has 4 nitrogen and oxygen atoms in total. The number of pyridine rings is 1. The predicted molar refractivity (Wildman–Crippen MR) is 48.3 cm³/mol. The third-order valence-corrected chi connectivity index (χ3v) is 2.00. The van der Waals surface area contributed by atoms with Gasteiger partial charge in [-0.3, -0.25) is 9.38 Å². The van der Waals surface area contributed by atoms with Crippen LogP contribution in [0, 0.1) is 0 Å². The fourth-order valence-corrected chi connectivity index (χ4v) is 1.39. The van der Waals surface area contributed by atoms with Crippen LogP contribution < -0.4 is 0 Å². The van der Waals surface area contributed by atoms with Gasteiger partial charge in [-0.15, -0.1) is 0 Å². The maximum absolute atomic E-state index is 4.26. The maximum Gasteiger partial charge on any atom is 0.164 e. The van der Waals surface area contributed by atoms with Crippen molar-refractivity contribution in [3.63, 3.8) is 0 Å². The van der Waals surface area contributed by atoms with Crippen LogP contribution in [0.2, 0.25) is 0 Å². The fourth-order valence-electron chi connectivity index (χ4n) is 1.39. The first-order chi connectivity index (χ1) is 6.45. The van der Waals surface area contributed by atoms with Crippen LogP contribution in [0.4, 0.5) is 0 Å². The average Bonchev–Trinajstić information content (AvgIpc) is 2.65. The Hall–Kier alpha value is -1.97. The van der Waals surface area contributed by atoms with E-state index in [4.69, 9.17) is 0 Å². The molecule has 0 aromatic carbocycles. The molecule has 3 aromatic heterocycles. The SMILES string of the molecule is c1cnc2c(c1)ncc1cncn12. The third kappa shape index (κ3) is 0.823. The Morgan fingerprint density at radius 2 is 2.15 bits per heavy atom. The first-order valence-corrected chi connectivity index (χ1v) is 3.97.